The van der Waals surface area contributed by atoms with Gasteiger partial charge in [-0.25, -0.2) is 0 Å². The van der Waals surface area contributed by atoms with Gasteiger partial charge in [-0.1, -0.05) is 145 Å². The van der Waals surface area contributed by atoms with Gasteiger partial charge in [0.05, 0.1) is 77.3 Å². The standard InChI is InChI=1S/C52H32N2/c1-3-15-37-35(13-1)31-51(41-19-7-5-17-39(37)41)53-47-23-11-9-21-43(47)45-29-33(25-27-49(45)53)34-26-28-50-46(30-34)44-22-10-12-24-48(44)54(50)52-32-36-14-2-4-16-38(36)40-18-6-8-20-42(40)52/h1-32H/i1D,2D,3D,4D,5D,6D,7D,8D,9D,10D,11D,12D,13D,14D,15D,16D,17D,18D,19D,20D,21D,22D,23D,24D,25D,26D,27D,28D,29D,30D,31D,32D. The van der Waals surface area contributed by atoms with Gasteiger partial charge in [0.1, 0.15) is 0 Å². The average molecular weight is 717 g/mol. The van der Waals surface area contributed by atoms with E-state index in [0.29, 0.717) is 0 Å². The van der Waals surface area contributed by atoms with E-state index in [4.69, 9.17) is 24.7 Å². The van der Waals surface area contributed by atoms with Crippen LogP contribution in [0.1, 0.15) is 43.9 Å². The average Bonchev–Trinajstić information content (AvgIpc) is 1.39. The molecule has 250 valence electrons. The van der Waals surface area contributed by atoms with Gasteiger partial charge in [-0.2, -0.15) is 0 Å². The Balaban J connectivity index is 1.32. The highest BCUT2D eigenvalue weighted by Gasteiger charge is 2.19. The Hall–Kier alpha value is -7.16. The van der Waals surface area contributed by atoms with Crippen molar-refractivity contribution in [2.24, 2.45) is 0 Å². The van der Waals surface area contributed by atoms with Gasteiger partial charge < -0.3 is 9.13 Å². The van der Waals surface area contributed by atoms with E-state index in [0.717, 1.165) is 9.13 Å². The van der Waals surface area contributed by atoms with Crippen LogP contribution in [0.2, 0.25) is 0 Å². The van der Waals surface area contributed by atoms with Crippen LogP contribution in [0.15, 0.2) is 193 Å². The summed E-state index contributed by atoms with van der Waals surface area (Å²) in [5, 5.41) is -7.60. The van der Waals surface area contributed by atoms with Gasteiger partial charge in [0.15, 0.2) is 0 Å². The molecule has 0 amide bonds. The molecular formula is C52H32N2. The van der Waals surface area contributed by atoms with E-state index in [1.807, 2.05) is 0 Å². The van der Waals surface area contributed by atoms with Crippen molar-refractivity contribution in [3.63, 3.8) is 0 Å². The Morgan fingerprint density at radius 3 is 1.04 bits per heavy atom. The number of fused-ring (bicyclic) bond motifs is 12. The molecule has 0 saturated heterocycles. The van der Waals surface area contributed by atoms with Crippen LogP contribution in [-0.4, -0.2) is 9.13 Å². The summed E-state index contributed by atoms with van der Waals surface area (Å²) in [5.74, 6) is 0. The molecule has 0 unspecified atom stereocenters. The lowest BCUT2D eigenvalue weighted by molar-refractivity contribution is 1.20. The molecule has 2 heteroatoms. The Kier molecular flexibility index (Phi) is 2.52. The van der Waals surface area contributed by atoms with Gasteiger partial charge in [0, 0.05) is 32.3 Å². The highest BCUT2D eigenvalue weighted by atomic mass is 15.0. The lowest BCUT2D eigenvalue weighted by Gasteiger charge is -2.15. The van der Waals surface area contributed by atoms with Gasteiger partial charge in [0.25, 0.3) is 0 Å². The number of nitrogens with zero attached hydrogens (tertiary/aromatic N) is 2. The van der Waals surface area contributed by atoms with Crippen LogP contribution in [0.25, 0.3) is 109 Å². The van der Waals surface area contributed by atoms with Gasteiger partial charge in [0.2, 0.25) is 0 Å². The zero-order valence-corrected chi connectivity index (χ0v) is 26.9. The minimum Gasteiger partial charge on any atom is -0.309 e. The summed E-state index contributed by atoms with van der Waals surface area (Å²) in [6, 6.07) is -30.1. The van der Waals surface area contributed by atoms with Crippen LogP contribution in [0.4, 0.5) is 0 Å². The lowest BCUT2D eigenvalue weighted by atomic mass is 9.99. The second-order valence-electron chi connectivity index (χ2n) is 12.0. The maximum Gasteiger partial charge on any atom is 0.0652 e. The summed E-state index contributed by atoms with van der Waals surface area (Å²) in [6.45, 7) is 0. The third-order valence-electron chi connectivity index (χ3n) is 9.22. The Morgan fingerprint density at radius 2 is 0.593 bits per heavy atom. The number of hydrogen-bond acceptors (Lipinski definition) is 0. The van der Waals surface area contributed by atoms with E-state index in [2.05, 4.69) is 0 Å². The first kappa shape index (κ1) is 12.2. The van der Waals surface area contributed by atoms with Gasteiger partial charge in [-0.15, -0.1) is 0 Å². The molecule has 0 atom stereocenters. The molecule has 0 aliphatic carbocycles. The van der Waals surface area contributed by atoms with Crippen LogP contribution in [0, 0.1) is 0 Å². The van der Waals surface area contributed by atoms with Crippen molar-refractivity contribution in [2.75, 3.05) is 0 Å². The number of aromatic nitrogens is 2. The lowest BCUT2D eigenvalue weighted by Crippen LogP contribution is -1.96. The van der Waals surface area contributed by atoms with Crippen LogP contribution >= 0.6 is 0 Å². The Labute approximate surface area is 356 Å². The maximum atomic E-state index is 10.1. The number of rotatable bonds is 3. The monoisotopic (exact) mass is 716 g/mol. The highest BCUT2D eigenvalue weighted by Crippen LogP contribution is 2.42. The molecule has 0 bridgehead atoms. The van der Waals surface area contributed by atoms with Crippen molar-refractivity contribution in [3.05, 3.63) is 193 Å². The molecule has 12 aromatic rings. The third-order valence-corrected chi connectivity index (χ3v) is 9.22. The van der Waals surface area contributed by atoms with Crippen molar-refractivity contribution >= 4 is 86.7 Å². The summed E-state index contributed by atoms with van der Waals surface area (Å²) >= 11 is 0. The second kappa shape index (κ2) is 11.2. The molecule has 2 nitrogen and oxygen atoms in total. The second-order valence-corrected chi connectivity index (χ2v) is 12.0. The summed E-state index contributed by atoms with van der Waals surface area (Å²) in [6.07, 6.45) is 0. The molecule has 0 fully saturated rings. The van der Waals surface area contributed by atoms with E-state index in [1.165, 1.54) is 0 Å². The third kappa shape index (κ3) is 4.11. The largest absolute Gasteiger partial charge is 0.309 e. The number of para-hydroxylation sites is 2. The van der Waals surface area contributed by atoms with E-state index >= 15 is 0 Å². The van der Waals surface area contributed by atoms with Gasteiger partial charge >= 0.3 is 0 Å². The van der Waals surface area contributed by atoms with Crippen LogP contribution in [0.3, 0.4) is 0 Å². The van der Waals surface area contributed by atoms with Gasteiger partial charge in [-0.05, 0) is 91.8 Å². The normalized spacial score (nSPS) is 20.4. The molecule has 0 saturated carbocycles. The van der Waals surface area contributed by atoms with Crippen molar-refractivity contribution in [3.8, 4) is 22.5 Å². The fourth-order valence-electron chi connectivity index (χ4n) is 6.97. The molecule has 0 aliphatic rings. The molecule has 10 aromatic carbocycles. The van der Waals surface area contributed by atoms with E-state index < -0.39 is 303 Å². The zero-order valence-electron chi connectivity index (χ0n) is 58.9. The van der Waals surface area contributed by atoms with Crippen molar-refractivity contribution in [2.45, 2.75) is 0 Å². The Morgan fingerprint density at radius 1 is 0.259 bits per heavy atom. The van der Waals surface area contributed by atoms with E-state index in [1.54, 1.807) is 0 Å². The molecule has 0 N–H and O–H groups in total. The first-order valence-electron chi connectivity index (χ1n) is 32.1. The van der Waals surface area contributed by atoms with Crippen molar-refractivity contribution in [1.29, 1.82) is 0 Å². The fourth-order valence-corrected chi connectivity index (χ4v) is 6.97. The number of hydrogen-bond donors (Lipinski definition) is 0. The van der Waals surface area contributed by atoms with Gasteiger partial charge in [-0.3, -0.25) is 0 Å². The molecule has 12 rings (SSSR count). The molecule has 0 aliphatic heterocycles. The number of benzene rings is 10. The first-order chi connectivity index (χ1) is 40.1. The van der Waals surface area contributed by atoms with Crippen molar-refractivity contribution < 1.29 is 43.9 Å². The smallest absolute Gasteiger partial charge is 0.0652 e. The molecule has 0 radical (unpaired) electrons. The molecule has 0 spiro atoms. The SMILES string of the molecule is [2H]c1c([2H])c([2H])c2c(c1[2H])c([2H])c(-n1c3c([2H])c([2H])c([2H])c([2H])c3c3c([2H])c(-c4c([2H])c([2H])c5c(c4[2H])c4c([2H])c([2H])c([2H])c([2H])c4n5-c4c([2H])c5c([2H])c([2H])c([2H])c([2H])c5c5c([2H])c([2H])c([2H])c([2H])c45)c([2H])c([2H])c31)c1c([2H])c([2H])c([2H])c([2H])c12. The fraction of sp³-hybridized carbons (Fsp3) is 0. The van der Waals surface area contributed by atoms with Crippen molar-refractivity contribution in [1.82, 2.24) is 9.13 Å². The topological polar surface area (TPSA) is 9.86 Å². The highest BCUT2D eigenvalue weighted by molar-refractivity contribution is 6.17. The summed E-state index contributed by atoms with van der Waals surface area (Å²) in [4.78, 5) is 0. The minimum atomic E-state index is -1.12. The van der Waals surface area contributed by atoms with Crippen LogP contribution < -0.4 is 0 Å². The zero-order chi connectivity index (χ0) is 63.2. The minimum absolute atomic E-state index is 0.547. The van der Waals surface area contributed by atoms with Crippen LogP contribution in [0.5, 0.6) is 0 Å². The molecular weight excluding hydrogens is 653 g/mol. The molecule has 2 heterocycles. The van der Waals surface area contributed by atoms with E-state index in [-0.39, 0.29) is 0 Å². The van der Waals surface area contributed by atoms with Crippen LogP contribution in [-0.2, 0) is 0 Å². The summed E-state index contributed by atoms with van der Waals surface area (Å²) in [5.41, 5.74) is -6.18. The molecule has 54 heavy (non-hydrogen) atoms. The first-order valence-corrected chi connectivity index (χ1v) is 16.1. The predicted molar refractivity (Wildman–Crippen MR) is 231 cm³/mol. The summed E-state index contributed by atoms with van der Waals surface area (Å²) < 4.78 is 295. The van der Waals surface area contributed by atoms with E-state index in [9.17, 15) is 19.2 Å². The Bertz CT molecular complexity index is 5040. The molecule has 2 aromatic heterocycles. The summed E-state index contributed by atoms with van der Waals surface area (Å²) in [7, 11) is 0. The predicted octanol–water partition coefficient (Wildman–Crippen LogP) is 14.2. The quantitative estimate of drug-likeness (QED) is 0.161. The maximum absolute atomic E-state index is 10.1.